The summed E-state index contributed by atoms with van der Waals surface area (Å²) in [5, 5.41) is 1.18. The molecule has 0 amide bonds. The first-order valence-corrected chi connectivity index (χ1v) is 12.4. The molecule has 0 aliphatic carbocycles. The summed E-state index contributed by atoms with van der Waals surface area (Å²) in [6.45, 7) is 4.35. The van der Waals surface area contributed by atoms with Crippen molar-refractivity contribution in [3.8, 4) is 0 Å². The maximum atomic E-state index is 13.6. The Morgan fingerprint density at radius 1 is 1.09 bits per heavy atom. The molecule has 0 radical (unpaired) electrons. The van der Waals surface area contributed by atoms with Crippen molar-refractivity contribution in [2.24, 2.45) is 5.92 Å². The van der Waals surface area contributed by atoms with Crippen molar-refractivity contribution in [2.75, 3.05) is 5.75 Å². The van der Waals surface area contributed by atoms with Gasteiger partial charge in [-0.3, -0.25) is 4.79 Å². The summed E-state index contributed by atoms with van der Waals surface area (Å²) >= 11 is 1.43. The van der Waals surface area contributed by atoms with Crippen LogP contribution < -0.4 is 0 Å². The smallest absolute Gasteiger partial charge is 0.269 e. The summed E-state index contributed by atoms with van der Waals surface area (Å²) in [7, 11) is -3.85. The summed E-state index contributed by atoms with van der Waals surface area (Å²) in [6, 6.07) is 14.0. The molecule has 4 aromatic rings. The maximum absolute atomic E-state index is 13.6. The molecule has 2 aromatic carbocycles. The lowest BCUT2D eigenvalue weighted by Gasteiger charge is -2.23. The van der Waals surface area contributed by atoms with Crippen LogP contribution in [0.1, 0.15) is 21.7 Å². The Bertz CT molecular complexity index is 1420. The standard InChI is InChI=1S/C23H21N3O3S2.ClH/c1-15-7-9-18(10-8-15)31(28,29)26-20-6-4-3-5-19(20)21-22(27)17(14-30-23(21)26)13-25-12-11-24-16(25)2;/h3-12,17H,13-14H2,1-2H3;1H. The number of nitrogens with zero attached hydrogens (tertiary/aromatic N) is 3. The molecule has 0 bridgehead atoms. The first-order valence-electron chi connectivity index (χ1n) is 9.98. The first-order chi connectivity index (χ1) is 14.9. The van der Waals surface area contributed by atoms with Gasteiger partial charge in [0.1, 0.15) is 10.9 Å². The van der Waals surface area contributed by atoms with E-state index >= 15 is 0 Å². The lowest BCUT2D eigenvalue weighted by Crippen LogP contribution is -2.27. The fourth-order valence-electron chi connectivity index (χ4n) is 4.04. The zero-order valence-corrected chi connectivity index (χ0v) is 20.0. The third kappa shape index (κ3) is 3.56. The average Bonchev–Trinajstić information content (AvgIpc) is 3.31. The van der Waals surface area contributed by atoms with Gasteiger partial charge in [0.15, 0.2) is 5.78 Å². The molecule has 1 aliphatic rings. The van der Waals surface area contributed by atoms with E-state index in [1.807, 2.05) is 36.7 Å². The van der Waals surface area contributed by atoms with Crippen LogP contribution in [-0.4, -0.2) is 33.5 Å². The lowest BCUT2D eigenvalue weighted by atomic mass is 9.98. The number of benzene rings is 2. The molecule has 1 unspecified atom stereocenters. The normalized spacial score (nSPS) is 16.1. The predicted octanol–water partition coefficient (Wildman–Crippen LogP) is 4.72. The number of carbonyl (C=O) groups excluding carboxylic acids is 1. The van der Waals surface area contributed by atoms with Crippen LogP contribution in [0.2, 0.25) is 0 Å². The van der Waals surface area contributed by atoms with E-state index in [0.717, 1.165) is 11.4 Å². The van der Waals surface area contributed by atoms with E-state index < -0.39 is 10.0 Å². The quantitative estimate of drug-likeness (QED) is 0.416. The van der Waals surface area contributed by atoms with E-state index in [1.165, 1.54) is 15.7 Å². The maximum Gasteiger partial charge on any atom is 0.269 e. The van der Waals surface area contributed by atoms with E-state index in [0.29, 0.717) is 33.8 Å². The average molecular weight is 488 g/mol. The minimum atomic E-state index is -3.85. The molecule has 0 saturated carbocycles. The van der Waals surface area contributed by atoms with E-state index in [4.69, 9.17) is 0 Å². The summed E-state index contributed by atoms with van der Waals surface area (Å²) in [4.78, 5) is 18.0. The van der Waals surface area contributed by atoms with Gasteiger partial charge in [0.25, 0.3) is 10.0 Å². The highest BCUT2D eigenvalue weighted by Crippen LogP contribution is 2.42. The molecule has 9 heteroatoms. The number of carbonyl (C=O) groups is 1. The number of hydrogen-bond acceptors (Lipinski definition) is 5. The molecule has 2 aromatic heterocycles. The number of para-hydroxylation sites is 1. The number of halogens is 1. The minimum absolute atomic E-state index is 0. The van der Waals surface area contributed by atoms with Crippen LogP contribution in [0.15, 0.2) is 70.8 Å². The van der Waals surface area contributed by atoms with Crippen LogP contribution in [0.5, 0.6) is 0 Å². The molecule has 0 N–H and O–H groups in total. The van der Waals surface area contributed by atoms with Gasteiger partial charge in [0.2, 0.25) is 0 Å². The highest BCUT2D eigenvalue weighted by molar-refractivity contribution is 8.00. The molecule has 166 valence electrons. The number of fused-ring (bicyclic) bond motifs is 3. The molecule has 1 aliphatic heterocycles. The zero-order chi connectivity index (χ0) is 21.8. The van der Waals surface area contributed by atoms with Crippen LogP contribution in [0, 0.1) is 19.8 Å². The Morgan fingerprint density at radius 3 is 2.50 bits per heavy atom. The molecule has 32 heavy (non-hydrogen) atoms. The second-order valence-electron chi connectivity index (χ2n) is 7.78. The van der Waals surface area contributed by atoms with E-state index in [-0.39, 0.29) is 29.0 Å². The van der Waals surface area contributed by atoms with Gasteiger partial charge in [0.05, 0.1) is 16.0 Å². The van der Waals surface area contributed by atoms with Gasteiger partial charge in [-0.25, -0.2) is 17.4 Å². The van der Waals surface area contributed by atoms with E-state index in [9.17, 15) is 13.2 Å². The number of rotatable bonds is 4. The Labute approximate surface area is 197 Å². The molecule has 0 saturated heterocycles. The molecule has 0 fully saturated rings. The highest BCUT2D eigenvalue weighted by Gasteiger charge is 2.37. The van der Waals surface area contributed by atoms with Crippen molar-refractivity contribution in [2.45, 2.75) is 30.3 Å². The van der Waals surface area contributed by atoms with Gasteiger partial charge in [-0.05, 0) is 32.0 Å². The third-order valence-electron chi connectivity index (χ3n) is 5.73. The molecular weight excluding hydrogens is 466 g/mol. The van der Waals surface area contributed by atoms with Crippen molar-refractivity contribution in [3.05, 3.63) is 77.9 Å². The van der Waals surface area contributed by atoms with Crippen LogP contribution in [0.25, 0.3) is 10.9 Å². The predicted molar refractivity (Wildman–Crippen MR) is 128 cm³/mol. The Kier molecular flexibility index (Phi) is 5.96. The van der Waals surface area contributed by atoms with Crippen LogP contribution in [-0.2, 0) is 16.6 Å². The van der Waals surface area contributed by atoms with Gasteiger partial charge >= 0.3 is 0 Å². The van der Waals surface area contributed by atoms with Crippen LogP contribution >= 0.6 is 24.2 Å². The van der Waals surface area contributed by atoms with E-state index in [2.05, 4.69) is 4.98 Å². The summed E-state index contributed by atoms with van der Waals surface area (Å²) < 4.78 is 30.5. The van der Waals surface area contributed by atoms with Gasteiger partial charge in [-0.15, -0.1) is 24.2 Å². The number of ketones is 1. The summed E-state index contributed by atoms with van der Waals surface area (Å²) in [5.41, 5.74) is 2.03. The zero-order valence-electron chi connectivity index (χ0n) is 17.6. The number of thioether (sulfide) groups is 1. The summed E-state index contributed by atoms with van der Waals surface area (Å²) in [6.07, 6.45) is 3.59. The SMILES string of the molecule is Cc1ccc(S(=O)(=O)n2c3c(c4ccccc42)C(=O)C(Cn2ccnc2C)CS3)cc1.Cl. The number of hydrogen-bond donors (Lipinski definition) is 0. The van der Waals surface area contributed by atoms with Crippen molar-refractivity contribution < 1.29 is 13.2 Å². The summed E-state index contributed by atoms with van der Waals surface area (Å²) in [5.74, 6) is 1.11. The second-order valence-corrected chi connectivity index (χ2v) is 10.6. The van der Waals surface area contributed by atoms with Crippen molar-refractivity contribution in [3.63, 3.8) is 0 Å². The Balaban J connectivity index is 0.00000245. The molecule has 5 rings (SSSR count). The van der Waals surface area contributed by atoms with Crippen molar-refractivity contribution in [1.82, 2.24) is 13.5 Å². The fourth-order valence-corrected chi connectivity index (χ4v) is 7.10. The number of imidazole rings is 1. The van der Waals surface area contributed by atoms with Crippen LogP contribution in [0.4, 0.5) is 0 Å². The number of aryl methyl sites for hydroxylation is 2. The van der Waals surface area contributed by atoms with Gasteiger partial charge in [-0.2, -0.15) is 0 Å². The number of Topliss-reactive ketones (excluding diaryl/α,β-unsaturated/α-hetero) is 1. The third-order valence-corrected chi connectivity index (χ3v) is 8.80. The number of aromatic nitrogens is 3. The molecule has 0 spiro atoms. The van der Waals surface area contributed by atoms with Crippen molar-refractivity contribution >= 4 is 50.9 Å². The van der Waals surface area contributed by atoms with E-state index in [1.54, 1.807) is 42.6 Å². The monoisotopic (exact) mass is 487 g/mol. The molecule has 6 nitrogen and oxygen atoms in total. The Hall–Kier alpha value is -2.55. The minimum Gasteiger partial charge on any atom is -0.334 e. The lowest BCUT2D eigenvalue weighted by molar-refractivity contribution is 0.0916. The van der Waals surface area contributed by atoms with Crippen molar-refractivity contribution in [1.29, 1.82) is 0 Å². The van der Waals surface area contributed by atoms with Crippen LogP contribution in [0.3, 0.4) is 0 Å². The van der Waals surface area contributed by atoms with Gasteiger partial charge in [0, 0.05) is 36.0 Å². The Morgan fingerprint density at radius 2 is 1.81 bits per heavy atom. The highest BCUT2D eigenvalue weighted by atomic mass is 35.5. The second kappa shape index (κ2) is 8.42. The largest absolute Gasteiger partial charge is 0.334 e. The molecular formula is C23H22ClN3O3S2. The molecule has 3 heterocycles. The fraction of sp³-hybridized carbons (Fsp3) is 0.217. The molecule has 1 atom stereocenters. The van der Waals surface area contributed by atoms with Gasteiger partial charge in [-0.1, -0.05) is 35.9 Å². The first kappa shape index (κ1) is 22.6. The topological polar surface area (TPSA) is 74.0 Å². The van der Waals surface area contributed by atoms with Gasteiger partial charge < -0.3 is 4.57 Å².